The Morgan fingerprint density at radius 3 is 2.58 bits per heavy atom. The number of benzene rings is 1. The molecule has 1 fully saturated rings. The van der Waals surface area contributed by atoms with E-state index in [1.807, 2.05) is 36.4 Å². The number of ether oxygens (including phenoxy) is 1. The van der Waals surface area contributed by atoms with Gasteiger partial charge in [0.1, 0.15) is 0 Å². The molecular formula is C25H26N4O4. The lowest BCUT2D eigenvalue weighted by molar-refractivity contribution is -0.163. The summed E-state index contributed by atoms with van der Waals surface area (Å²) in [5.74, 6) is -0.748. The molecule has 3 aromatic rings. The average molecular weight is 447 g/mol. The first kappa shape index (κ1) is 22.4. The number of hydrogen-bond acceptors (Lipinski definition) is 5. The lowest BCUT2D eigenvalue weighted by Crippen LogP contribution is -2.61. The van der Waals surface area contributed by atoms with Gasteiger partial charge in [-0.2, -0.15) is 0 Å². The van der Waals surface area contributed by atoms with Crippen LogP contribution in [0.25, 0.3) is 11.1 Å². The van der Waals surface area contributed by atoms with Crippen molar-refractivity contribution < 1.29 is 14.3 Å². The molecule has 2 aromatic heterocycles. The first-order chi connectivity index (χ1) is 16.0. The molecule has 1 unspecified atom stereocenters. The minimum absolute atomic E-state index is 0.0786. The summed E-state index contributed by atoms with van der Waals surface area (Å²) in [6.45, 7) is 0.940. The number of nitrogens with two attached hydrogens (primary N) is 1. The van der Waals surface area contributed by atoms with E-state index in [2.05, 4.69) is 4.98 Å². The molecular weight excluding hydrogens is 420 g/mol. The van der Waals surface area contributed by atoms with Gasteiger partial charge in [-0.25, -0.2) is 0 Å². The summed E-state index contributed by atoms with van der Waals surface area (Å²) >= 11 is 0. The molecule has 1 saturated heterocycles. The van der Waals surface area contributed by atoms with Gasteiger partial charge in [-0.15, -0.1) is 0 Å². The molecule has 170 valence electrons. The van der Waals surface area contributed by atoms with Gasteiger partial charge in [-0.05, 0) is 28.8 Å². The van der Waals surface area contributed by atoms with Crippen LogP contribution >= 0.6 is 0 Å². The van der Waals surface area contributed by atoms with Crippen LogP contribution < -0.4 is 11.3 Å². The highest BCUT2D eigenvalue weighted by atomic mass is 16.5. The highest BCUT2D eigenvalue weighted by Crippen LogP contribution is 2.26. The Kier molecular flexibility index (Phi) is 6.65. The smallest absolute Gasteiger partial charge is 0.251 e. The maximum atomic E-state index is 12.8. The van der Waals surface area contributed by atoms with Gasteiger partial charge in [0.15, 0.2) is 5.60 Å². The SMILES string of the molecule is NC(=O)C1(Cc2ccc(-c3cccnc3)cc2)CN(C(=O)CCn2ccccc2=O)CCO1. The zero-order chi connectivity index (χ0) is 23.3. The summed E-state index contributed by atoms with van der Waals surface area (Å²) in [4.78, 5) is 42.9. The van der Waals surface area contributed by atoms with Crippen LogP contribution in [0.5, 0.6) is 0 Å². The zero-order valence-electron chi connectivity index (χ0n) is 18.2. The number of aromatic nitrogens is 2. The van der Waals surface area contributed by atoms with Crippen molar-refractivity contribution in [2.75, 3.05) is 19.7 Å². The third-order valence-electron chi connectivity index (χ3n) is 5.89. The van der Waals surface area contributed by atoms with Crippen molar-refractivity contribution in [3.05, 3.63) is 89.1 Å². The van der Waals surface area contributed by atoms with Gasteiger partial charge in [0.2, 0.25) is 5.91 Å². The summed E-state index contributed by atoms with van der Waals surface area (Å²) in [6.07, 6.45) is 5.57. The monoisotopic (exact) mass is 446 g/mol. The van der Waals surface area contributed by atoms with Crippen LogP contribution in [0.1, 0.15) is 12.0 Å². The zero-order valence-corrected chi connectivity index (χ0v) is 18.2. The summed E-state index contributed by atoms with van der Waals surface area (Å²) in [5, 5.41) is 0. The number of primary amides is 1. The highest BCUT2D eigenvalue weighted by Gasteiger charge is 2.43. The molecule has 4 rings (SSSR count). The van der Waals surface area contributed by atoms with Crippen molar-refractivity contribution in [2.24, 2.45) is 5.73 Å². The van der Waals surface area contributed by atoms with E-state index in [9.17, 15) is 14.4 Å². The Balaban J connectivity index is 1.45. The molecule has 2 amide bonds. The van der Waals surface area contributed by atoms with Gasteiger partial charge in [0.25, 0.3) is 11.5 Å². The number of carbonyl (C=O) groups excluding carboxylic acids is 2. The fourth-order valence-corrected chi connectivity index (χ4v) is 4.04. The molecule has 0 aliphatic carbocycles. The summed E-state index contributed by atoms with van der Waals surface area (Å²) in [6, 6.07) is 16.5. The lowest BCUT2D eigenvalue weighted by Gasteiger charge is -2.41. The highest BCUT2D eigenvalue weighted by molar-refractivity contribution is 5.86. The van der Waals surface area contributed by atoms with Crippen molar-refractivity contribution in [1.29, 1.82) is 0 Å². The van der Waals surface area contributed by atoms with E-state index in [0.717, 1.165) is 16.7 Å². The molecule has 1 atom stereocenters. The van der Waals surface area contributed by atoms with E-state index >= 15 is 0 Å². The third kappa shape index (κ3) is 5.18. The van der Waals surface area contributed by atoms with E-state index in [1.165, 1.54) is 10.6 Å². The molecule has 1 aliphatic rings. The molecule has 0 bridgehead atoms. The summed E-state index contributed by atoms with van der Waals surface area (Å²) < 4.78 is 7.36. The molecule has 0 saturated carbocycles. The fourth-order valence-electron chi connectivity index (χ4n) is 4.04. The number of nitrogens with zero attached hydrogens (tertiary/aromatic N) is 3. The largest absolute Gasteiger partial charge is 0.367 e. The number of rotatable bonds is 7. The van der Waals surface area contributed by atoms with Crippen LogP contribution in [0.15, 0.2) is 78.0 Å². The molecule has 0 spiro atoms. The topological polar surface area (TPSA) is 108 Å². The van der Waals surface area contributed by atoms with Gasteiger partial charge in [0, 0.05) is 50.6 Å². The molecule has 0 radical (unpaired) electrons. The number of aryl methyl sites for hydroxylation is 1. The van der Waals surface area contributed by atoms with Gasteiger partial charge in [-0.1, -0.05) is 36.4 Å². The standard InChI is InChI=1S/C25H26N4O4/c26-24(32)25(16-19-6-8-20(9-7-19)21-4-3-11-27-17-21)18-29(14-15-33-25)23(31)10-13-28-12-2-1-5-22(28)30/h1-9,11-12,17H,10,13-16,18H2,(H2,26,32). The predicted molar refractivity (Wildman–Crippen MR) is 123 cm³/mol. The van der Waals surface area contributed by atoms with Crippen LogP contribution in [-0.4, -0.2) is 51.6 Å². The lowest BCUT2D eigenvalue weighted by atomic mass is 9.90. The second kappa shape index (κ2) is 9.79. The fraction of sp³-hybridized carbons (Fsp3) is 0.280. The second-order valence-electron chi connectivity index (χ2n) is 8.12. The van der Waals surface area contributed by atoms with E-state index in [0.29, 0.717) is 6.54 Å². The van der Waals surface area contributed by atoms with Crippen molar-refractivity contribution in [2.45, 2.75) is 25.0 Å². The first-order valence-electron chi connectivity index (χ1n) is 10.8. The Hall–Kier alpha value is -3.78. The Bertz CT molecular complexity index is 1180. The predicted octanol–water partition coefficient (Wildman–Crippen LogP) is 1.63. The maximum Gasteiger partial charge on any atom is 0.251 e. The average Bonchev–Trinajstić information content (AvgIpc) is 2.84. The van der Waals surface area contributed by atoms with E-state index in [4.69, 9.17) is 10.5 Å². The number of morpholine rings is 1. The second-order valence-corrected chi connectivity index (χ2v) is 8.12. The van der Waals surface area contributed by atoms with Crippen LogP contribution in [0, 0.1) is 0 Å². The molecule has 33 heavy (non-hydrogen) atoms. The molecule has 1 aromatic carbocycles. The molecule has 1 aliphatic heterocycles. The van der Waals surface area contributed by atoms with Crippen LogP contribution in [0.3, 0.4) is 0 Å². The van der Waals surface area contributed by atoms with Gasteiger partial charge < -0.3 is 19.9 Å². The first-order valence-corrected chi connectivity index (χ1v) is 10.8. The Morgan fingerprint density at radius 1 is 1.06 bits per heavy atom. The van der Waals surface area contributed by atoms with Crippen LogP contribution in [0.2, 0.25) is 0 Å². The van der Waals surface area contributed by atoms with Crippen molar-refractivity contribution >= 4 is 11.8 Å². The van der Waals surface area contributed by atoms with E-state index in [-0.39, 0.29) is 44.0 Å². The summed E-state index contributed by atoms with van der Waals surface area (Å²) in [5.41, 5.74) is 7.20. The quantitative estimate of drug-likeness (QED) is 0.594. The molecule has 2 N–H and O–H groups in total. The van der Waals surface area contributed by atoms with Gasteiger partial charge in [-0.3, -0.25) is 19.4 Å². The maximum absolute atomic E-state index is 12.8. The van der Waals surface area contributed by atoms with E-state index in [1.54, 1.807) is 35.6 Å². The number of pyridine rings is 2. The Labute approximate surface area is 191 Å². The summed E-state index contributed by atoms with van der Waals surface area (Å²) in [7, 11) is 0. The van der Waals surface area contributed by atoms with Crippen LogP contribution in [0.4, 0.5) is 0 Å². The van der Waals surface area contributed by atoms with Gasteiger partial charge in [0.05, 0.1) is 13.2 Å². The Morgan fingerprint density at radius 2 is 1.88 bits per heavy atom. The third-order valence-corrected chi connectivity index (χ3v) is 5.89. The van der Waals surface area contributed by atoms with Crippen molar-refractivity contribution in [3.63, 3.8) is 0 Å². The van der Waals surface area contributed by atoms with Crippen molar-refractivity contribution in [1.82, 2.24) is 14.5 Å². The molecule has 3 heterocycles. The normalized spacial score (nSPS) is 18.1. The van der Waals surface area contributed by atoms with Crippen LogP contribution in [-0.2, 0) is 27.3 Å². The van der Waals surface area contributed by atoms with E-state index < -0.39 is 11.5 Å². The molecule has 8 heteroatoms. The number of amides is 2. The number of hydrogen-bond donors (Lipinski definition) is 1. The molecule has 8 nitrogen and oxygen atoms in total. The minimum Gasteiger partial charge on any atom is -0.367 e. The van der Waals surface area contributed by atoms with Crippen molar-refractivity contribution in [3.8, 4) is 11.1 Å². The minimum atomic E-state index is -1.30. The van der Waals surface area contributed by atoms with Gasteiger partial charge >= 0.3 is 0 Å². The number of carbonyl (C=O) groups is 2.